The van der Waals surface area contributed by atoms with Crippen molar-refractivity contribution >= 4 is 11.4 Å². The maximum atomic E-state index is 5.56. The molecule has 0 spiro atoms. The quantitative estimate of drug-likeness (QED) is 0.845. The van der Waals surface area contributed by atoms with E-state index in [2.05, 4.69) is 5.32 Å². The van der Waals surface area contributed by atoms with E-state index < -0.39 is 0 Å². The van der Waals surface area contributed by atoms with E-state index >= 15 is 0 Å². The van der Waals surface area contributed by atoms with Gasteiger partial charge in [-0.25, -0.2) is 0 Å². The summed E-state index contributed by atoms with van der Waals surface area (Å²) in [5, 5.41) is 3.33. The molecule has 0 aliphatic rings. The molecule has 3 N–H and O–H groups in total. The maximum Gasteiger partial charge on any atom is 0.119 e. The fourth-order valence-electron chi connectivity index (χ4n) is 1.69. The first-order valence-electron chi connectivity index (χ1n) is 6.10. The van der Waals surface area contributed by atoms with Crippen LogP contribution in [0.25, 0.3) is 0 Å². The average molecular weight is 242 g/mol. The lowest BCUT2D eigenvalue weighted by molar-refractivity contribution is 0.340. The van der Waals surface area contributed by atoms with Crippen LogP contribution in [0.2, 0.25) is 0 Å². The molecule has 2 aromatic rings. The van der Waals surface area contributed by atoms with Gasteiger partial charge < -0.3 is 15.8 Å². The van der Waals surface area contributed by atoms with Crippen LogP contribution in [0, 0.1) is 0 Å². The summed E-state index contributed by atoms with van der Waals surface area (Å²) in [7, 11) is 0. The van der Waals surface area contributed by atoms with Crippen molar-refractivity contribution in [2.45, 2.75) is 13.5 Å². The zero-order valence-electron chi connectivity index (χ0n) is 10.5. The van der Waals surface area contributed by atoms with Gasteiger partial charge in [0.25, 0.3) is 0 Å². The Morgan fingerprint density at radius 3 is 2.00 bits per heavy atom. The summed E-state index contributed by atoms with van der Waals surface area (Å²) < 4.78 is 5.40. The molecule has 0 aromatic heterocycles. The van der Waals surface area contributed by atoms with Gasteiger partial charge >= 0.3 is 0 Å². The van der Waals surface area contributed by atoms with Crippen LogP contribution >= 0.6 is 0 Å². The summed E-state index contributed by atoms with van der Waals surface area (Å²) in [5.41, 5.74) is 8.79. The van der Waals surface area contributed by atoms with Gasteiger partial charge in [-0.2, -0.15) is 0 Å². The molecular formula is C15H18N2O. The van der Waals surface area contributed by atoms with E-state index in [9.17, 15) is 0 Å². The summed E-state index contributed by atoms with van der Waals surface area (Å²) in [6.45, 7) is 3.24. The van der Waals surface area contributed by atoms with E-state index in [1.165, 1.54) is 0 Å². The lowest BCUT2D eigenvalue weighted by Gasteiger charge is -2.08. The zero-order valence-corrected chi connectivity index (χ0v) is 10.5. The normalized spacial score (nSPS) is 10.1. The summed E-state index contributed by atoms with van der Waals surface area (Å²) in [5.74, 6) is 0.890. The van der Waals surface area contributed by atoms with Crippen molar-refractivity contribution in [1.82, 2.24) is 0 Å². The lowest BCUT2D eigenvalue weighted by Crippen LogP contribution is -1.96. The number of nitrogens with two attached hydrogens (primary N) is 1. The van der Waals surface area contributed by atoms with Crippen molar-refractivity contribution in [3.05, 3.63) is 54.1 Å². The summed E-state index contributed by atoms with van der Waals surface area (Å²) in [6.07, 6.45) is 0. The van der Waals surface area contributed by atoms with Gasteiger partial charge in [0, 0.05) is 17.9 Å². The van der Waals surface area contributed by atoms with Crippen molar-refractivity contribution in [3.8, 4) is 5.75 Å². The standard InChI is InChI=1S/C15H18N2O/c1-2-18-15-9-7-14(8-10-15)17-13-5-3-12(11-16)4-6-13/h3-10,17H,2,11,16H2,1H3. The molecule has 0 aliphatic heterocycles. The minimum atomic E-state index is 0.573. The van der Waals surface area contributed by atoms with Gasteiger partial charge in [-0.15, -0.1) is 0 Å². The third-order valence-electron chi connectivity index (χ3n) is 2.64. The monoisotopic (exact) mass is 242 g/mol. The van der Waals surface area contributed by atoms with E-state index in [0.717, 1.165) is 22.7 Å². The zero-order chi connectivity index (χ0) is 12.8. The minimum Gasteiger partial charge on any atom is -0.494 e. The van der Waals surface area contributed by atoms with E-state index in [-0.39, 0.29) is 0 Å². The summed E-state index contributed by atoms with van der Waals surface area (Å²) in [6, 6.07) is 16.0. The van der Waals surface area contributed by atoms with Crippen molar-refractivity contribution in [3.63, 3.8) is 0 Å². The Kier molecular flexibility index (Phi) is 4.20. The Morgan fingerprint density at radius 2 is 1.50 bits per heavy atom. The molecule has 0 bridgehead atoms. The van der Waals surface area contributed by atoms with E-state index in [1.54, 1.807) is 0 Å². The van der Waals surface area contributed by atoms with Gasteiger partial charge in [-0.05, 0) is 48.9 Å². The van der Waals surface area contributed by atoms with Crippen LogP contribution in [-0.2, 0) is 6.54 Å². The number of anilines is 2. The van der Waals surface area contributed by atoms with Crippen LogP contribution in [0.5, 0.6) is 5.75 Å². The van der Waals surface area contributed by atoms with Gasteiger partial charge in [-0.3, -0.25) is 0 Å². The third-order valence-corrected chi connectivity index (χ3v) is 2.64. The van der Waals surface area contributed by atoms with Gasteiger partial charge in [0.1, 0.15) is 5.75 Å². The maximum absolute atomic E-state index is 5.56. The highest BCUT2D eigenvalue weighted by Crippen LogP contribution is 2.20. The molecule has 0 aliphatic carbocycles. The number of nitrogens with one attached hydrogen (secondary N) is 1. The van der Waals surface area contributed by atoms with Gasteiger partial charge in [0.05, 0.1) is 6.61 Å². The van der Waals surface area contributed by atoms with Crippen LogP contribution in [0.3, 0.4) is 0 Å². The SMILES string of the molecule is CCOc1ccc(Nc2ccc(CN)cc2)cc1. The minimum absolute atomic E-state index is 0.573. The Bertz CT molecular complexity index is 477. The fraction of sp³-hybridized carbons (Fsp3) is 0.200. The summed E-state index contributed by atoms with van der Waals surface area (Å²) >= 11 is 0. The largest absolute Gasteiger partial charge is 0.494 e. The fourth-order valence-corrected chi connectivity index (χ4v) is 1.69. The molecule has 2 aromatic carbocycles. The van der Waals surface area contributed by atoms with Crippen LogP contribution in [-0.4, -0.2) is 6.61 Å². The van der Waals surface area contributed by atoms with E-state index in [4.69, 9.17) is 10.5 Å². The number of benzene rings is 2. The van der Waals surface area contributed by atoms with Crippen LogP contribution < -0.4 is 15.8 Å². The molecule has 3 nitrogen and oxygen atoms in total. The second-order valence-corrected chi connectivity index (χ2v) is 3.98. The lowest BCUT2D eigenvalue weighted by atomic mass is 10.2. The smallest absolute Gasteiger partial charge is 0.119 e. The summed E-state index contributed by atoms with van der Waals surface area (Å²) in [4.78, 5) is 0. The van der Waals surface area contributed by atoms with Crippen LogP contribution in [0.4, 0.5) is 11.4 Å². The Morgan fingerprint density at radius 1 is 0.944 bits per heavy atom. The van der Waals surface area contributed by atoms with E-state index in [0.29, 0.717) is 13.2 Å². The molecule has 0 saturated carbocycles. The van der Waals surface area contributed by atoms with E-state index in [1.807, 2.05) is 55.5 Å². The highest BCUT2D eigenvalue weighted by atomic mass is 16.5. The molecule has 0 radical (unpaired) electrons. The van der Waals surface area contributed by atoms with Crippen molar-refractivity contribution in [2.75, 3.05) is 11.9 Å². The molecule has 0 saturated heterocycles. The van der Waals surface area contributed by atoms with Crippen molar-refractivity contribution in [2.24, 2.45) is 5.73 Å². The number of ether oxygens (including phenoxy) is 1. The van der Waals surface area contributed by atoms with Crippen molar-refractivity contribution in [1.29, 1.82) is 0 Å². The Labute approximate surface area is 108 Å². The molecule has 0 atom stereocenters. The topological polar surface area (TPSA) is 47.3 Å². The second-order valence-electron chi connectivity index (χ2n) is 3.98. The molecule has 0 amide bonds. The van der Waals surface area contributed by atoms with Crippen LogP contribution in [0.1, 0.15) is 12.5 Å². The number of rotatable bonds is 5. The first kappa shape index (κ1) is 12.5. The average Bonchev–Trinajstić information content (AvgIpc) is 2.42. The van der Waals surface area contributed by atoms with Gasteiger partial charge in [-0.1, -0.05) is 12.1 Å². The molecule has 3 heteroatoms. The predicted molar refractivity (Wildman–Crippen MR) is 75.2 cm³/mol. The highest BCUT2D eigenvalue weighted by molar-refractivity contribution is 5.60. The molecule has 0 unspecified atom stereocenters. The Balaban J connectivity index is 2.03. The van der Waals surface area contributed by atoms with Crippen molar-refractivity contribution < 1.29 is 4.74 Å². The van der Waals surface area contributed by atoms with Crippen LogP contribution in [0.15, 0.2) is 48.5 Å². The Hall–Kier alpha value is -2.00. The molecular weight excluding hydrogens is 224 g/mol. The highest BCUT2D eigenvalue weighted by Gasteiger charge is 1.96. The van der Waals surface area contributed by atoms with Gasteiger partial charge in [0.2, 0.25) is 0 Å². The molecule has 0 fully saturated rings. The molecule has 0 heterocycles. The second kappa shape index (κ2) is 6.07. The molecule has 2 rings (SSSR count). The number of hydrogen-bond donors (Lipinski definition) is 2. The van der Waals surface area contributed by atoms with Gasteiger partial charge in [0.15, 0.2) is 0 Å². The predicted octanol–water partition coefficient (Wildman–Crippen LogP) is 3.29. The molecule has 94 valence electrons. The molecule has 18 heavy (non-hydrogen) atoms. The first-order chi connectivity index (χ1) is 8.81. The third kappa shape index (κ3) is 3.25. The number of hydrogen-bond acceptors (Lipinski definition) is 3. The first-order valence-corrected chi connectivity index (χ1v) is 6.10.